The van der Waals surface area contributed by atoms with Gasteiger partial charge in [-0.3, -0.25) is 5.32 Å². The van der Waals surface area contributed by atoms with Crippen molar-refractivity contribution < 1.29 is 24.8 Å². The number of ether oxygens (including phenoxy) is 2. The van der Waals surface area contributed by atoms with E-state index >= 15 is 0 Å². The normalized spacial score (nSPS) is 15.5. The van der Waals surface area contributed by atoms with Gasteiger partial charge in [-0.2, -0.15) is 0 Å². The minimum absolute atomic E-state index is 0.0933. The zero-order valence-corrected chi connectivity index (χ0v) is 17.9. The van der Waals surface area contributed by atoms with Crippen LogP contribution in [0.2, 0.25) is 0 Å². The lowest BCUT2D eigenvalue weighted by molar-refractivity contribution is -0.0418. The molecule has 0 aliphatic heterocycles. The van der Waals surface area contributed by atoms with Crippen LogP contribution in [0.25, 0.3) is 0 Å². The number of phenolic OH excluding ortho intramolecular Hbond substituents is 1. The van der Waals surface area contributed by atoms with Crippen LogP contribution in [0.4, 0.5) is 0 Å². The zero-order valence-electron chi connectivity index (χ0n) is 17.9. The summed E-state index contributed by atoms with van der Waals surface area (Å²) in [6.07, 6.45) is 0.759. The molecule has 166 valence electrons. The van der Waals surface area contributed by atoms with E-state index in [0.29, 0.717) is 26.1 Å². The van der Waals surface area contributed by atoms with E-state index in [2.05, 4.69) is 17.4 Å². The highest BCUT2D eigenvalue weighted by Gasteiger charge is 2.16. The van der Waals surface area contributed by atoms with Crippen molar-refractivity contribution in [1.82, 2.24) is 5.32 Å². The molecular weight excluding hydrogens is 382 g/mol. The van der Waals surface area contributed by atoms with Gasteiger partial charge in [-0.05, 0) is 56.4 Å². The van der Waals surface area contributed by atoms with Crippen molar-refractivity contribution in [3.05, 3.63) is 65.7 Å². The monoisotopic (exact) mass is 417 g/mol. The number of nitrogens with one attached hydrogen (secondary N) is 1. The van der Waals surface area contributed by atoms with Crippen molar-refractivity contribution in [2.45, 2.75) is 57.6 Å². The molecule has 0 radical (unpaired) electrons. The summed E-state index contributed by atoms with van der Waals surface area (Å²) in [7, 11) is 0. The topological polar surface area (TPSA) is 91.2 Å². The Kier molecular flexibility index (Phi) is 10.8. The summed E-state index contributed by atoms with van der Waals surface area (Å²) in [5, 5.41) is 32.6. The van der Waals surface area contributed by atoms with E-state index in [1.807, 2.05) is 37.3 Å². The summed E-state index contributed by atoms with van der Waals surface area (Å²) in [6, 6.07) is 17.0. The molecule has 2 aromatic carbocycles. The van der Waals surface area contributed by atoms with Gasteiger partial charge in [0.15, 0.2) is 0 Å². The van der Waals surface area contributed by atoms with Gasteiger partial charge < -0.3 is 24.8 Å². The van der Waals surface area contributed by atoms with Crippen LogP contribution in [-0.2, 0) is 22.3 Å². The number of rotatable bonds is 14. The first-order valence-corrected chi connectivity index (χ1v) is 10.6. The molecule has 0 aromatic heterocycles. The molecule has 30 heavy (non-hydrogen) atoms. The molecule has 0 heterocycles. The Bertz CT molecular complexity index is 693. The third-order valence-corrected chi connectivity index (χ3v) is 4.69. The predicted molar refractivity (Wildman–Crippen MR) is 117 cm³/mol. The second-order valence-corrected chi connectivity index (χ2v) is 7.80. The quantitative estimate of drug-likeness (QED) is 0.353. The molecule has 6 nitrogen and oxygen atoms in total. The first kappa shape index (κ1) is 24.3. The van der Waals surface area contributed by atoms with E-state index in [1.165, 1.54) is 5.56 Å². The molecule has 0 aliphatic carbocycles. The van der Waals surface area contributed by atoms with Crippen LogP contribution in [0.3, 0.4) is 0 Å². The van der Waals surface area contributed by atoms with Crippen LogP contribution in [0.15, 0.2) is 54.6 Å². The van der Waals surface area contributed by atoms with Crippen LogP contribution in [-0.4, -0.2) is 59.6 Å². The molecule has 0 aliphatic rings. The molecule has 4 unspecified atom stereocenters. The first-order valence-electron chi connectivity index (χ1n) is 10.6. The number of aromatic hydroxyl groups is 1. The standard InChI is InChI=1S/C24H35NO5/c1-18(26)15-30-19(2)16-29-17-22(14-21-8-11-23(27)12-9-21)25-24(28)13-10-20-6-4-3-5-7-20/h3-9,11-12,18-19,22,24-28H,10,13-17H2,1-2H3. The summed E-state index contributed by atoms with van der Waals surface area (Å²) in [5.74, 6) is 0.228. The Labute approximate surface area is 179 Å². The van der Waals surface area contributed by atoms with Gasteiger partial charge in [0.2, 0.25) is 0 Å². The maximum atomic E-state index is 10.5. The molecule has 6 heteroatoms. The van der Waals surface area contributed by atoms with Gasteiger partial charge in [0.05, 0.1) is 32.0 Å². The van der Waals surface area contributed by atoms with Crippen LogP contribution < -0.4 is 5.32 Å². The van der Waals surface area contributed by atoms with E-state index < -0.39 is 12.3 Å². The highest BCUT2D eigenvalue weighted by Crippen LogP contribution is 2.12. The lowest BCUT2D eigenvalue weighted by Crippen LogP contribution is -2.43. The second-order valence-electron chi connectivity index (χ2n) is 7.80. The molecule has 0 saturated heterocycles. The van der Waals surface area contributed by atoms with Gasteiger partial charge in [-0.1, -0.05) is 42.5 Å². The van der Waals surface area contributed by atoms with Crippen molar-refractivity contribution in [2.75, 3.05) is 19.8 Å². The average Bonchev–Trinajstić information content (AvgIpc) is 2.73. The van der Waals surface area contributed by atoms with E-state index in [-0.39, 0.29) is 24.5 Å². The fourth-order valence-corrected chi connectivity index (χ4v) is 3.11. The Morgan fingerprint density at radius 3 is 2.23 bits per heavy atom. The van der Waals surface area contributed by atoms with Gasteiger partial charge in [-0.25, -0.2) is 0 Å². The highest BCUT2D eigenvalue weighted by molar-refractivity contribution is 5.26. The number of aliphatic hydroxyl groups excluding tert-OH is 2. The van der Waals surface area contributed by atoms with E-state index in [9.17, 15) is 15.3 Å². The second kappa shape index (κ2) is 13.4. The summed E-state index contributed by atoms with van der Waals surface area (Å²) >= 11 is 0. The van der Waals surface area contributed by atoms with Crippen LogP contribution in [0, 0.1) is 0 Å². The van der Waals surface area contributed by atoms with Gasteiger partial charge in [0.25, 0.3) is 0 Å². The first-order chi connectivity index (χ1) is 14.4. The molecule has 0 spiro atoms. The fraction of sp³-hybridized carbons (Fsp3) is 0.500. The number of phenols is 1. The van der Waals surface area contributed by atoms with Crippen LogP contribution in [0.1, 0.15) is 31.4 Å². The van der Waals surface area contributed by atoms with E-state index in [0.717, 1.165) is 12.0 Å². The predicted octanol–water partition coefficient (Wildman–Crippen LogP) is 2.65. The summed E-state index contributed by atoms with van der Waals surface area (Å²) in [4.78, 5) is 0. The average molecular weight is 418 g/mol. The smallest absolute Gasteiger partial charge is 0.115 e. The Morgan fingerprint density at radius 1 is 0.867 bits per heavy atom. The molecular formula is C24H35NO5. The van der Waals surface area contributed by atoms with E-state index in [1.54, 1.807) is 19.1 Å². The minimum atomic E-state index is -0.653. The van der Waals surface area contributed by atoms with Gasteiger partial charge in [0, 0.05) is 6.04 Å². The lowest BCUT2D eigenvalue weighted by atomic mass is 10.0. The van der Waals surface area contributed by atoms with Crippen molar-refractivity contribution in [1.29, 1.82) is 0 Å². The van der Waals surface area contributed by atoms with Crippen molar-refractivity contribution in [3.63, 3.8) is 0 Å². The number of hydrogen-bond donors (Lipinski definition) is 4. The molecule has 4 atom stereocenters. The Balaban J connectivity index is 1.85. The molecule has 2 aromatic rings. The van der Waals surface area contributed by atoms with Gasteiger partial charge in [-0.15, -0.1) is 0 Å². The molecule has 0 fully saturated rings. The summed E-state index contributed by atoms with van der Waals surface area (Å²) < 4.78 is 11.3. The van der Waals surface area contributed by atoms with Crippen molar-refractivity contribution >= 4 is 0 Å². The summed E-state index contributed by atoms with van der Waals surface area (Å²) in [6.45, 7) is 4.67. The maximum Gasteiger partial charge on any atom is 0.115 e. The third-order valence-electron chi connectivity index (χ3n) is 4.69. The zero-order chi connectivity index (χ0) is 21.8. The maximum absolute atomic E-state index is 10.5. The van der Waals surface area contributed by atoms with Crippen LogP contribution in [0.5, 0.6) is 5.75 Å². The van der Waals surface area contributed by atoms with Crippen LogP contribution >= 0.6 is 0 Å². The lowest BCUT2D eigenvalue weighted by Gasteiger charge is -2.24. The largest absolute Gasteiger partial charge is 0.508 e. The minimum Gasteiger partial charge on any atom is -0.508 e. The van der Waals surface area contributed by atoms with Crippen molar-refractivity contribution in [2.24, 2.45) is 0 Å². The molecule has 4 N–H and O–H groups in total. The third kappa shape index (κ3) is 10.2. The van der Waals surface area contributed by atoms with Gasteiger partial charge in [0.1, 0.15) is 12.0 Å². The number of benzene rings is 2. The highest BCUT2D eigenvalue weighted by atomic mass is 16.5. The SMILES string of the molecule is CC(O)COC(C)COCC(Cc1ccc(O)cc1)NC(O)CCc1ccccc1. The number of hydrogen-bond acceptors (Lipinski definition) is 6. The van der Waals surface area contributed by atoms with Crippen molar-refractivity contribution in [3.8, 4) is 5.75 Å². The number of aliphatic hydroxyl groups is 2. The molecule has 0 amide bonds. The molecule has 2 rings (SSSR count). The summed E-state index contributed by atoms with van der Waals surface area (Å²) in [5.41, 5.74) is 2.23. The Hall–Kier alpha value is -1.96. The number of aryl methyl sites for hydroxylation is 1. The Morgan fingerprint density at radius 2 is 1.57 bits per heavy atom. The van der Waals surface area contributed by atoms with Gasteiger partial charge >= 0.3 is 0 Å². The van der Waals surface area contributed by atoms with E-state index in [4.69, 9.17) is 9.47 Å². The fourth-order valence-electron chi connectivity index (χ4n) is 3.11. The molecule has 0 saturated carbocycles. The molecule has 0 bridgehead atoms.